The first-order valence-electron chi connectivity index (χ1n) is 3.64. The van der Waals surface area contributed by atoms with Gasteiger partial charge >= 0.3 is 0 Å². The second-order valence-electron chi connectivity index (χ2n) is 2.48. The lowest BCUT2D eigenvalue weighted by molar-refractivity contribution is -0.111. The Kier molecular flexibility index (Phi) is 3.03. The second-order valence-corrected chi connectivity index (χ2v) is 2.89. The number of benzene rings is 1. The van der Waals surface area contributed by atoms with Gasteiger partial charge in [-0.2, -0.15) is 0 Å². The Balaban J connectivity index is 3.21. The van der Waals surface area contributed by atoms with E-state index in [9.17, 15) is 4.79 Å². The van der Waals surface area contributed by atoms with Crippen molar-refractivity contribution in [2.45, 2.75) is 6.92 Å². The molecule has 1 rings (SSSR count). The van der Waals surface area contributed by atoms with Crippen LogP contribution in [0.4, 0.5) is 0 Å². The zero-order valence-electron chi connectivity index (χ0n) is 6.99. The summed E-state index contributed by atoms with van der Waals surface area (Å²) in [6, 6.07) is 6.71. The first-order chi connectivity index (χ1) is 6.16. The Morgan fingerprint density at radius 1 is 1.46 bits per heavy atom. The van der Waals surface area contributed by atoms with Crippen molar-refractivity contribution < 1.29 is 10.0 Å². The van der Waals surface area contributed by atoms with Gasteiger partial charge < -0.3 is 5.21 Å². The number of rotatable bonds is 2. The molecule has 0 saturated carbocycles. The molecular formula is C9H8ClNO2. The van der Waals surface area contributed by atoms with E-state index in [1.165, 1.54) is 6.92 Å². The molecule has 13 heavy (non-hydrogen) atoms. The summed E-state index contributed by atoms with van der Waals surface area (Å²) in [6.07, 6.45) is 0. The van der Waals surface area contributed by atoms with Crippen molar-refractivity contribution in [3.8, 4) is 0 Å². The fraction of sp³-hybridized carbons (Fsp3) is 0.111. The number of oxime groups is 1. The summed E-state index contributed by atoms with van der Waals surface area (Å²) >= 11 is 5.80. The fourth-order valence-electron chi connectivity index (χ4n) is 0.967. The summed E-state index contributed by atoms with van der Waals surface area (Å²) in [5, 5.41) is 11.9. The van der Waals surface area contributed by atoms with Gasteiger partial charge in [-0.3, -0.25) is 4.79 Å². The van der Waals surface area contributed by atoms with E-state index in [1.54, 1.807) is 24.3 Å². The highest BCUT2D eigenvalue weighted by Crippen LogP contribution is 2.16. The standard InChI is InChI=1S/C9H8ClNO2/c1-6(12)9(11-13)7-4-2-3-5-8(7)10/h2-5,13H,1H3/b11-9+. The zero-order valence-corrected chi connectivity index (χ0v) is 7.75. The average molecular weight is 198 g/mol. The van der Waals surface area contributed by atoms with Crippen molar-refractivity contribution in [3.63, 3.8) is 0 Å². The smallest absolute Gasteiger partial charge is 0.182 e. The molecule has 1 aromatic rings. The van der Waals surface area contributed by atoms with Crippen LogP contribution in [0.3, 0.4) is 0 Å². The maximum absolute atomic E-state index is 11.0. The summed E-state index contributed by atoms with van der Waals surface area (Å²) in [5.41, 5.74) is 0.421. The maximum Gasteiger partial charge on any atom is 0.182 e. The van der Waals surface area contributed by atoms with Crippen LogP contribution < -0.4 is 0 Å². The van der Waals surface area contributed by atoms with Gasteiger partial charge in [-0.15, -0.1) is 0 Å². The molecule has 4 heteroatoms. The largest absolute Gasteiger partial charge is 0.410 e. The topological polar surface area (TPSA) is 49.7 Å². The third-order valence-corrected chi connectivity index (χ3v) is 1.89. The number of halogens is 1. The van der Waals surface area contributed by atoms with Crippen LogP contribution in [0.15, 0.2) is 29.4 Å². The lowest BCUT2D eigenvalue weighted by Crippen LogP contribution is -2.11. The molecule has 0 aliphatic rings. The maximum atomic E-state index is 11.0. The van der Waals surface area contributed by atoms with Gasteiger partial charge in [0.05, 0.1) is 5.02 Å². The highest BCUT2D eigenvalue weighted by molar-refractivity contribution is 6.48. The van der Waals surface area contributed by atoms with Crippen molar-refractivity contribution in [2.75, 3.05) is 0 Å². The molecular weight excluding hydrogens is 190 g/mol. The van der Waals surface area contributed by atoms with E-state index < -0.39 is 0 Å². The van der Waals surface area contributed by atoms with Gasteiger partial charge in [-0.25, -0.2) is 0 Å². The number of hydrogen-bond donors (Lipinski definition) is 1. The molecule has 0 unspecified atom stereocenters. The highest BCUT2D eigenvalue weighted by Gasteiger charge is 2.12. The van der Waals surface area contributed by atoms with E-state index in [4.69, 9.17) is 16.8 Å². The van der Waals surface area contributed by atoms with Crippen LogP contribution in [0.2, 0.25) is 5.02 Å². The molecule has 0 saturated heterocycles. The normalized spacial score (nSPS) is 11.4. The molecule has 0 bridgehead atoms. The van der Waals surface area contributed by atoms with Crippen LogP contribution in [0.1, 0.15) is 12.5 Å². The molecule has 0 atom stereocenters. The molecule has 0 spiro atoms. The van der Waals surface area contributed by atoms with E-state index in [1.807, 2.05) is 0 Å². The molecule has 1 aromatic carbocycles. The van der Waals surface area contributed by atoms with Gasteiger partial charge in [-0.05, 0) is 6.07 Å². The van der Waals surface area contributed by atoms with Gasteiger partial charge in [-0.1, -0.05) is 35.0 Å². The lowest BCUT2D eigenvalue weighted by atomic mass is 10.1. The second kappa shape index (κ2) is 4.05. The summed E-state index contributed by atoms with van der Waals surface area (Å²) < 4.78 is 0. The van der Waals surface area contributed by atoms with Crippen LogP contribution in [-0.2, 0) is 4.79 Å². The molecule has 0 fully saturated rings. The van der Waals surface area contributed by atoms with Gasteiger partial charge in [0.2, 0.25) is 0 Å². The monoisotopic (exact) mass is 197 g/mol. The molecule has 1 N–H and O–H groups in total. The van der Waals surface area contributed by atoms with E-state index in [0.717, 1.165) is 0 Å². The molecule has 0 radical (unpaired) electrons. The molecule has 68 valence electrons. The van der Waals surface area contributed by atoms with E-state index in [2.05, 4.69) is 5.16 Å². The van der Waals surface area contributed by atoms with Crippen molar-refractivity contribution in [1.29, 1.82) is 0 Å². The number of hydrogen-bond acceptors (Lipinski definition) is 3. The Labute approximate surface area is 80.6 Å². The van der Waals surface area contributed by atoms with Gasteiger partial charge in [0.1, 0.15) is 0 Å². The Morgan fingerprint density at radius 3 is 2.54 bits per heavy atom. The SMILES string of the molecule is CC(=O)/C(=N\O)c1ccccc1Cl. The summed E-state index contributed by atoms with van der Waals surface area (Å²) in [7, 11) is 0. The Hall–Kier alpha value is -1.35. The van der Waals surface area contributed by atoms with Crippen LogP contribution in [0.5, 0.6) is 0 Å². The number of Topliss-reactive ketones (excluding diaryl/α,β-unsaturated/α-hetero) is 1. The van der Waals surface area contributed by atoms with E-state index in [0.29, 0.717) is 10.6 Å². The Morgan fingerprint density at radius 2 is 2.08 bits per heavy atom. The van der Waals surface area contributed by atoms with Crippen molar-refractivity contribution >= 4 is 23.1 Å². The van der Waals surface area contributed by atoms with Crippen LogP contribution in [-0.4, -0.2) is 16.7 Å². The summed E-state index contributed by atoms with van der Waals surface area (Å²) in [6.45, 7) is 1.32. The van der Waals surface area contributed by atoms with Crippen LogP contribution >= 0.6 is 11.6 Å². The predicted octanol–water partition coefficient (Wildman–Crippen LogP) is 2.11. The lowest BCUT2D eigenvalue weighted by Gasteiger charge is -2.01. The van der Waals surface area contributed by atoms with Gasteiger partial charge in [0.25, 0.3) is 0 Å². The quantitative estimate of drug-likeness (QED) is 0.449. The molecule has 0 amide bonds. The fourth-order valence-corrected chi connectivity index (χ4v) is 1.19. The van der Waals surface area contributed by atoms with Gasteiger partial charge in [0.15, 0.2) is 11.5 Å². The Bertz CT molecular complexity index is 360. The minimum atomic E-state index is -0.324. The average Bonchev–Trinajstić information content (AvgIpc) is 2.09. The zero-order chi connectivity index (χ0) is 9.84. The number of nitrogens with zero attached hydrogens (tertiary/aromatic N) is 1. The third-order valence-electron chi connectivity index (χ3n) is 1.56. The third kappa shape index (κ3) is 2.06. The molecule has 0 aliphatic carbocycles. The first-order valence-corrected chi connectivity index (χ1v) is 4.02. The number of ketones is 1. The molecule has 0 heterocycles. The molecule has 3 nitrogen and oxygen atoms in total. The summed E-state index contributed by atoms with van der Waals surface area (Å²) in [5.74, 6) is -0.324. The van der Waals surface area contributed by atoms with E-state index in [-0.39, 0.29) is 11.5 Å². The summed E-state index contributed by atoms with van der Waals surface area (Å²) in [4.78, 5) is 11.0. The van der Waals surface area contributed by atoms with Crippen LogP contribution in [0, 0.1) is 0 Å². The minimum absolute atomic E-state index is 0.0226. The van der Waals surface area contributed by atoms with Gasteiger partial charge in [0, 0.05) is 12.5 Å². The van der Waals surface area contributed by atoms with E-state index >= 15 is 0 Å². The number of carbonyl (C=O) groups is 1. The predicted molar refractivity (Wildman–Crippen MR) is 50.5 cm³/mol. The highest BCUT2D eigenvalue weighted by atomic mass is 35.5. The minimum Gasteiger partial charge on any atom is -0.410 e. The molecule has 0 aromatic heterocycles. The molecule has 0 aliphatic heterocycles. The van der Waals surface area contributed by atoms with Crippen molar-refractivity contribution in [3.05, 3.63) is 34.9 Å². The van der Waals surface area contributed by atoms with Crippen molar-refractivity contribution in [1.82, 2.24) is 0 Å². The first kappa shape index (κ1) is 9.74. The van der Waals surface area contributed by atoms with Crippen LogP contribution in [0.25, 0.3) is 0 Å². The number of carbonyl (C=O) groups excluding carboxylic acids is 1. The van der Waals surface area contributed by atoms with Crippen molar-refractivity contribution in [2.24, 2.45) is 5.16 Å².